The topological polar surface area (TPSA) is 60.2 Å². The van der Waals surface area contributed by atoms with Crippen LogP contribution in [0.15, 0.2) is 18.2 Å². The SMILES string of the molecule is Cc1ccc2nc3c(c(C(=O)N4CCN(C(C#N)C(C)C)CC4)c2c1)CCCC3. The molecule has 2 aliphatic rings. The molecule has 1 unspecified atom stereocenters. The van der Waals surface area contributed by atoms with Crippen LogP contribution in [0, 0.1) is 24.2 Å². The van der Waals surface area contributed by atoms with Gasteiger partial charge in [-0.3, -0.25) is 14.7 Å². The van der Waals surface area contributed by atoms with Crippen LogP contribution in [0.2, 0.25) is 0 Å². The van der Waals surface area contributed by atoms with Gasteiger partial charge in [0.05, 0.1) is 17.1 Å². The van der Waals surface area contributed by atoms with Gasteiger partial charge < -0.3 is 4.90 Å². The quantitative estimate of drug-likeness (QED) is 0.801. The number of hydrogen-bond donors (Lipinski definition) is 0. The number of piperazine rings is 1. The van der Waals surface area contributed by atoms with E-state index in [1.807, 2.05) is 4.90 Å². The molecule has 0 N–H and O–H groups in total. The van der Waals surface area contributed by atoms with Crippen molar-refractivity contribution in [2.75, 3.05) is 26.2 Å². The summed E-state index contributed by atoms with van der Waals surface area (Å²) in [5.41, 5.74) is 5.24. The van der Waals surface area contributed by atoms with Crippen LogP contribution < -0.4 is 0 Å². The minimum Gasteiger partial charge on any atom is -0.336 e. The summed E-state index contributed by atoms with van der Waals surface area (Å²) >= 11 is 0. The Balaban J connectivity index is 1.66. The van der Waals surface area contributed by atoms with Gasteiger partial charge in [-0.1, -0.05) is 25.5 Å². The number of carbonyl (C=O) groups is 1. The first kappa shape index (κ1) is 19.8. The molecule has 5 heteroatoms. The second-order valence-corrected chi connectivity index (χ2v) is 8.79. The monoisotopic (exact) mass is 390 g/mol. The Labute approximate surface area is 173 Å². The van der Waals surface area contributed by atoms with Crippen molar-refractivity contribution in [1.82, 2.24) is 14.8 Å². The Morgan fingerprint density at radius 3 is 2.55 bits per heavy atom. The summed E-state index contributed by atoms with van der Waals surface area (Å²) < 4.78 is 0. The number of rotatable bonds is 3. The second kappa shape index (κ2) is 8.12. The fraction of sp³-hybridized carbons (Fsp3) is 0.542. The average Bonchev–Trinajstić information content (AvgIpc) is 2.72. The molecule has 1 fully saturated rings. The minimum atomic E-state index is -0.0792. The number of fused-ring (bicyclic) bond motifs is 2. The third-order valence-electron chi connectivity index (χ3n) is 6.39. The van der Waals surface area contributed by atoms with E-state index in [0.717, 1.165) is 66.5 Å². The van der Waals surface area contributed by atoms with Crippen LogP contribution in [-0.2, 0) is 12.8 Å². The average molecular weight is 391 g/mol. The van der Waals surface area contributed by atoms with E-state index in [4.69, 9.17) is 4.98 Å². The lowest BCUT2D eigenvalue weighted by Crippen LogP contribution is -2.53. The van der Waals surface area contributed by atoms with Crippen molar-refractivity contribution in [2.45, 2.75) is 52.5 Å². The van der Waals surface area contributed by atoms with Crippen molar-refractivity contribution >= 4 is 16.8 Å². The highest BCUT2D eigenvalue weighted by Gasteiger charge is 2.31. The summed E-state index contributed by atoms with van der Waals surface area (Å²) in [6.07, 6.45) is 4.18. The molecule has 29 heavy (non-hydrogen) atoms. The lowest BCUT2D eigenvalue weighted by Gasteiger charge is -2.38. The number of nitrogens with zero attached hydrogens (tertiary/aromatic N) is 4. The van der Waals surface area contributed by atoms with Crippen molar-refractivity contribution < 1.29 is 4.79 Å². The molecule has 1 amide bonds. The van der Waals surface area contributed by atoms with Crippen molar-refractivity contribution in [3.8, 4) is 6.07 Å². The number of pyridine rings is 1. The largest absolute Gasteiger partial charge is 0.336 e. The van der Waals surface area contributed by atoms with E-state index in [2.05, 4.69) is 49.9 Å². The molecule has 1 aromatic carbocycles. The number of carbonyl (C=O) groups excluding carboxylic acids is 1. The normalized spacial score (nSPS) is 18.5. The van der Waals surface area contributed by atoms with Crippen LogP contribution >= 0.6 is 0 Å². The molecule has 2 aromatic rings. The van der Waals surface area contributed by atoms with Gasteiger partial charge in [-0.25, -0.2) is 0 Å². The number of amides is 1. The summed E-state index contributed by atoms with van der Waals surface area (Å²) in [7, 11) is 0. The van der Waals surface area contributed by atoms with Gasteiger partial charge in [0, 0.05) is 37.3 Å². The van der Waals surface area contributed by atoms with Crippen molar-refractivity contribution in [1.29, 1.82) is 5.26 Å². The molecule has 2 heterocycles. The lowest BCUT2D eigenvalue weighted by atomic mass is 9.88. The maximum atomic E-state index is 13.7. The molecule has 1 atom stereocenters. The molecule has 0 bridgehead atoms. The highest BCUT2D eigenvalue weighted by atomic mass is 16.2. The zero-order valence-electron chi connectivity index (χ0n) is 17.7. The molecule has 1 aliphatic heterocycles. The number of aromatic nitrogens is 1. The van der Waals surface area contributed by atoms with Gasteiger partial charge in [0.15, 0.2) is 0 Å². The second-order valence-electron chi connectivity index (χ2n) is 8.79. The molecular formula is C24H30N4O. The van der Waals surface area contributed by atoms with Crippen molar-refractivity contribution in [3.05, 3.63) is 40.6 Å². The molecule has 0 saturated carbocycles. The van der Waals surface area contributed by atoms with E-state index in [1.54, 1.807) is 0 Å². The van der Waals surface area contributed by atoms with Crippen LogP contribution in [0.5, 0.6) is 0 Å². The third-order valence-corrected chi connectivity index (χ3v) is 6.39. The first-order valence-corrected chi connectivity index (χ1v) is 10.8. The van der Waals surface area contributed by atoms with Crippen LogP contribution in [0.3, 0.4) is 0 Å². The predicted octanol–water partition coefficient (Wildman–Crippen LogP) is 3.73. The number of benzene rings is 1. The number of aryl methyl sites for hydroxylation is 2. The Morgan fingerprint density at radius 1 is 1.14 bits per heavy atom. The van der Waals surface area contributed by atoms with Gasteiger partial charge in [0.2, 0.25) is 0 Å². The summed E-state index contributed by atoms with van der Waals surface area (Å²) in [6.45, 7) is 9.10. The van der Waals surface area contributed by atoms with Gasteiger partial charge in [-0.2, -0.15) is 5.26 Å². The van der Waals surface area contributed by atoms with E-state index in [0.29, 0.717) is 19.0 Å². The van der Waals surface area contributed by atoms with Gasteiger partial charge in [-0.05, 0) is 56.2 Å². The number of hydrogen-bond acceptors (Lipinski definition) is 4. The highest BCUT2D eigenvalue weighted by Crippen LogP contribution is 2.31. The maximum Gasteiger partial charge on any atom is 0.254 e. The van der Waals surface area contributed by atoms with Crippen molar-refractivity contribution in [2.24, 2.45) is 5.92 Å². The van der Waals surface area contributed by atoms with Crippen LogP contribution in [0.25, 0.3) is 10.9 Å². The van der Waals surface area contributed by atoms with Crippen LogP contribution in [-0.4, -0.2) is 52.9 Å². The fourth-order valence-electron chi connectivity index (χ4n) is 4.80. The van der Waals surface area contributed by atoms with Crippen LogP contribution in [0.1, 0.15) is 53.9 Å². The third kappa shape index (κ3) is 3.74. The van der Waals surface area contributed by atoms with E-state index in [9.17, 15) is 10.1 Å². The lowest BCUT2D eigenvalue weighted by molar-refractivity contribution is 0.0577. The summed E-state index contributed by atoms with van der Waals surface area (Å²) in [4.78, 5) is 22.8. The molecule has 152 valence electrons. The predicted molar refractivity (Wildman–Crippen MR) is 115 cm³/mol. The first-order chi connectivity index (χ1) is 14.0. The summed E-state index contributed by atoms with van der Waals surface area (Å²) in [5.74, 6) is 0.431. The van der Waals surface area contributed by atoms with Crippen molar-refractivity contribution in [3.63, 3.8) is 0 Å². The molecule has 0 radical (unpaired) electrons. The highest BCUT2D eigenvalue weighted by molar-refractivity contribution is 6.08. The maximum absolute atomic E-state index is 13.7. The van der Waals surface area contributed by atoms with E-state index in [-0.39, 0.29) is 11.9 Å². The summed E-state index contributed by atoms with van der Waals surface area (Å²) in [5, 5.41) is 10.5. The fourth-order valence-corrected chi connectivity index (χ4v) is 4.80. The Bertz CT molecular complexity index is 967. The molecule has 1 aliphatic carbocycles. The van der Waals surface area contributed by atoms with Crippen LogP contribution in [0.4, 0.5) is 0 Å². The van der Waals surface area contributed by atoms with E-state index in [1.165, 1.54) is 5.56 Å². The molecular weight excluding hydrogens is 360 g/mol. The smallest absolute Gasteiger partial charge is 0.254 e. The van der Waals surface area contributed by atoms with Gasteiger partial charge in [-0.15, -0.1) is 0 Å². The first-order valence-electron chi connectivity index (χ1n) is 10.8. The molecule has 1 aromatic heterocycles. The molecule has 4 rings (SSSR count). The zero-order chi connectivity index (χ0) is 20.5. The van der Waals surface area contributed by atoms with E-state index < -0.39 is 0 Å². The number of nitriles is 1. The Kier molecular flexibility index (Phi) is 5.56. The van der Waals surface area contributed by atoms with Gasteiger partial charge >= 0.3 is 0 Å². The minimum absolute atomic E-state index is 0.0792. The Morgan fingerprint density at radius 2 is 1.86 bits per heavy atom. The molecule has 0 spiro atoms. The zero-order valence-corrected chi connectivity index (χ0v) is 17.7. The molecule has 5 nitrogen and oxygen atoms in total. The van der Waals surface area contributed by atoms with Gasteiger partial charge in [0.25, 0.3) is 5.91 Å². The van der Waals surface area contributed by atoms with Gasteiger partial charge in [0.1, 0.15) is 6.04 Å². The van der Waals surface area contributed by atoms with E-state index >= 15 is 0 Å². The summed E-state index contributed by atoms with van der Waals surface area (Å²) in [6, 6.07) is 8.59. The Hall–Kier alpha value is -2.45. The molecule has 1 saturated heterocycles. The standard InChI is InChI=1S/C24H30N4O/c1-16(2)22(15-25)27-10-12-28(13-11-27)24(29)23-18-6-4-5-7-20(18)26-21-9-8-17(3)14-19(21)23/h8-9,14,16,22H,4-7,10-13H2,1-3H3.